The Hall–Kier alpha value is -2.50. The zero-order valence-corrected chi connectivity index (χ0v) is 14.1. The summed E-state index contributed by atoms with van der Waals surface area (Å²) in [5, 5.41) is 6.31. The molecule has 128 valence electrons. The quantitative estimate of drug-likeness (QED) is 0.653. The van der Waals surface area contributed by atoms with Gasteiger partial charge in [-0.25, -0.2) is 8.78 Å². The highest BCUT2D eigenvalue weighted by atomic mass is 19.1. The van der Waals surface area contributed by atoms with Crippen molar-refractivity contribution in [3.8, 4) is 0 Å². The lowest BCUT2D eigenvalue weighted by Gasteiger charge is -2.19. The Morgan fingerprint density at radius 3 is 2.75 bits per heavy atom. The van der Waals surface area contributed by atoms with E-state index >= 15 is 0 Å². The number of hydrogen-bond acceptors (Lipinski definition) is 2. The summed E-state index contributed by atoms with van der Waals surface area (Å²) in [6.07, 6.45) is 4.44. The lowest BCUT2D eigenvalue weighted by atomic mass is 10.1. The van der Waals surface area contributed by atoms with Crippen molar-refractivity contribution in [1.29, 1.82) is 0 Å². The third kappa shape index (κ3) is 4.75. The first-order chi connectivity index (χ1) is 11.5. The molecule has 0 spiro atoms. The van der Waals surface area contributed by atoms with Crippen LogP contribution < -0.4 is 10.6 Å². The van der Waals surface area contributed by atoms with Crippen molar-refractivity contribution in [2.75, 3.05) is 13.6 Å². The van der Waals surface area contributed by atoms with Gasteiger partial charge in [0.15, 0.2) is 5.96 Å². The van der Waals surface area contributed by atoms with Gasteiger partial charge in [0.05, 0.1) is 6.04 Å². The average Bonchev–Trinajstić information content (AvgIpc) is 2.55. The fourth-order valence-corrected chi connectivity index (χ4v) is 2.43. The minimum atomic E-state index is -0.585. The number of nitrogens with zero attached hydrogens (tertiary/aromatic N) is 2. The van der Waals surface area contributed by atoms with Gasteiger partial charge in [-0.15, -0.1) is 0 Å². The molecular formula is C18H22F2N4. The van der Waals surface area contributed by atoms with E-state index in [0.717, 1.165) is 18.1 Å². The van der Waals surface area contributed by atoms with Gasteiger partial charge in [0, 0.05) is 37.6 Å². The molecule has 24 heavy (non-hydrogen) atoms. The Labute approximate surface area is 141 Å². The van der Waals surface area contributed by atoms with Crippen LogP contribution >= 0.6 is 0 Å². The minimum absolute atomic E-state index is 0.334. The van der Waals surface area contributed by atoms with E-state index in [0.29, 0.717) is 18.1 Å². The number of aliphatic imine (C=N–C) groups is 1. The molecule has 2 N–H and O–H groups in total. The van der Waals surface area contributed by atoms with Gasteiger partial charge < -0.3 is 10.6 Å². The van der Waals surface area contributed by atoms with Crippen LogP contribution in [-0.2, 0) is 6.42 Å². The third-order valence-electron chi connectivity index (χ3n) is 3.83. The minimum Gasteiger partial charge on any atom is -0.356 e. The van der Waals surface area contributed by atoms with Crippen molar-refractivity contribution >= 4 is 5.96 Å². The van der Waals surface area contributed by atoms with Crippen LogP contribution in [0.15, 0.2) is 41.7 Å². The number of aryl methyl sites for hydroxylation is 1. The number of aromatic nitrogens is 1. The number of guanidine groups is 1. The summed E-state index contributed by atoms with van der Waals surface area (Å²) in [5.41, 5.74) is 2.75. The molecule has 1 unspecified atom stereocenters. The van der Waals surface area contributed by atoms with Gasteiger partial charge in [-0.05, 0) is 43.5 Å². The van der Waals surface area contributed by atoms with Crippen molar-refractivity contribution in [1.82, 2.24) is 15.6 Å². The second-order valence-electron chi connectivity index (χ2n) is 5.58. The Kier molecular flexibility index (Phi) is 6.23. The largest absolute Gasteiger partial charge is 0.356 e. The van der Waals surface area contributed by atoms with Gasteiger partial charge in [0.1, 0.15) is 11.6 Å². The van der Waals surface area contributed by atoms with E-state index in [2.05, 4.69) is 20.6 Å². The predicted octanol–water partition coefficient (Wildman–Crippen LogP) is 3.14. The second kappa shape index (κ2) is 8.38. The second-order valence-corrected chi connectivity index (χ2v) is 5.58. The summed E-state index contributed by atoms with van der Waals surface area (Å²) in [6, 6.07) is 5.23. The fraction of sp³-hybridized carbons (Fsp3) is 0.333. The van der Waals surface area contributed by atoms with Gasteiger partial charge in [0.25, 0.3) is 0 Å². The van der Waals surface area contributed by atoms with Gasteiger partial charge >= 0.3 is 0 Å². The molecule has 0 fully saturated rings. The first-order valence-electron chi connectivity index (χ1n) is 7.83. The highest BCUT2D eigenvalue weighted by Crippen LogP contribution is 2.17. The molecule has 2 aromatic rings. The molecule has 1 heterocycles. The van der Waals surface area contributed by atoms with Crippen LogP contribution in [0.3, 0.4) is 0 Å². The van der Waals surface area contributed by atoms with E-state index in [1.54, 1.807) is 20.2 Å². The smallest absolute Gasteiger partial charge is 0.191 e. The van der Waals surface area contributed by atoms with Gasteiger partial charge in [-0.1, -0.05) is 6.07 Å². The topological polar surface area (TPSA) is 49.3 Å². The maximum absolute atomic E-state index is 13.8. The van der Waals surface area contributed by atoms with Crippen LogP contribution in [0.4, 0.5) is 8.78 Å². The SMILES string of the molecule is CN=C(NCCc1ccncc1C)NC(C)c1ccc(F)cc1F. The van der Waals surface area contributed by atoms with Gasteiger partial charge in [-0.2, -0.15) is 0 Å². The molecule has 0 aliphatic carbocycles. The van der Waals surface area contributed by atoms with E-state index in [-0.39, 0.29) is 6.04 Å². The maximum atomic E-state index is 13.8. The van der Waals surface area contributed by atoms with Crippen LogP contribution in [0.5, 0.6) is 0 Å². The molecule has 1 aromatic carbocycles. The molecule has 1 atom stereocenters. The normalized spacial score (nSPS) is 12.8. The van der Waals surface area contributed by atoms with E-state index in [9.17, 15) is 8.78 Å². The molecule has 6 heteroatoms. The third-order valence-corrected chi connectivity index (χ3v) is 3.83. The van der Waals surface area contributed by atoms with Crippen molar-refractivity contribution in [3.05, 3.63) is 65.0 Å². The van der Waals surface area contributed by atoms with Crippen LogP contribution in [-0.4, -0.2) is 24.5 Å². The van der Waals surface area contributed by atoms with Gasteiger partial charge in [-0.3, -0.25) is 9.98 Å². The number of benzene rings is 1. The average molecular weight is 332 g/mol. The highest BCUT2D eigenvalue weighted by molar-refractivity contribution is 5.80. The molecule has 0 amide bonds. The first-order valence-corrected chi connectivity index (χ1v) is 7.83. The molecule has 2 rings (SSSR count). The van der Waals surface area contributed by atoms with Crippen molar-refractivity contribution in [2.45, 2.75) is 26.3 Å². The Morgan fingerprint density at radius 2 is 2.08 bits per heavy atom. The zero-order valence-electron chi connectivity index (χ0n) is 14.1. The molecule has 1 aromatic heterocycles. The standard InChI is InChI=1S/C18H22F2N4/c1-12-11-22-8-6-14(12)7-9-23-18(21-3)24-13(2)16-5-4-15(19)10-17(16)20/h4-6,8,10-11,13H,7,9H2,1-3H3,(H2,21,23,24). The number of hydrogen-bond donors (Lipinski definition) is 2. The van der Waals surface area contributed by atoms with Gasteiger partial charge in [0.2, 0.25) is 0 Å². The van der Waals surface area contributed by atoms with Crippen LogP contribution in [0, 0.1) is 18.6 Å². The predicted molar refractivity (Wildman–Crippen MR) is 91.9 cm³/mol. The Bertz CT molecular complexity index is 716. The molecule has 4 nitrogen and oxygen atoms in total. The van der Waals surface area contributed by atoms with Crippen molar-refractivity contribution in [2.24, 2.45) is 4.99 Å². The Morgan fingerprint density at radius 1 is 1.29 bits per heavy atom. The number of nitrogens with one attached hydrogen (secondary N) is 2. The maximum Gasteiger partial charge on any atom is 0.191 e. The highest BCUT2D eigenvalue weighted by Gasteiger charge is 2.13. The van der Waals surface area contributed by atoms with Crippen LogP contribution in [0.2, 0.25) is 0 Å². The number of pyridine rings is 1. The molecule has 0 aliphatic rings. The fourth-order valence-electron chi connectivity index (χ4n) is 2.43. The van der Waals surface area contributed by atoms with Crippen molar-refractivity contribution in [3.63, 3.8) is 0 Å². The monoisotopic (exact) mass is 332 g/mol. The molecule has 0 radical (unpaired) electrons. The van der Waals surface area contributed by atoms with Crippen LogP contribution in [0.25, 0.3) is 0 Å². The molecule has 0 saturated heterocycles. The Balaban J connectivity index is 1.91. The summed E-state index contributed by atoms with van der Waals surface area (Å²) < 4.78 is 26.8. The van der Waals surface area contributed by atoms with Crippen LogP contribution in [0.1, 0.15) is 29.7 Å². The summed E-state index contributed by atoms with van der Waals surface area (Å²) in [7, 11) is 1.65. The molecule has 0 bridgehead atoms. The lowest BCUT2D eigenvalue weighted by molar-refractivity contribution is 0.551. The van der Waals surface area contributed by atoms with E-state index in [1.807, 2.05) is 19.2 Å². The zero-order chi connectivity index (χ0) is 17.5. The van der Waals surface area contributed by atoms with E-state index < -0.39 is 11.6 Å². The number of halogens is 2. The summed E-state index contributed by atoms with van der Waals surface area (Å²) in [4.78, 5) is 8.21. The summed E-state index contributed by atoms with van der Waals surface area (Å²) in [5.74, 6) is -0.588. The summed E-state index contributed by atoms with van der Waals surface area (Å²) in [6.45, 7) is 4.51. The molecule has 0 aliphatic heterocycles. The van der Waals surface area contributed by atoms with Crippen molar-refractivity contribution < 1.29 is 8.78 Å². The van der Waals surface area contributed by atoms with E-state index in [1.165, 1.54) is 17.7 Å². The van der Waals surface area contributed by atoms with E-state index in [4.69, 9.17) is 0 Å². The lowest BCUT2D eigenvalue weighted by Crippen LogP contribution is -2.39. The molecular weight excluding hydrogens is 310 g/mol. The summed E-state index contributed by atoms with van der Waals surface area (Å²) >= 11 is 0. The molecule has 0 saturated carbocycles. The first kappa shape index (κ1) is 17.8. The number of rotatable bonds is 5.